The molecule has 33 heavy (non-hydrogen) atoms. The molecule has 0 spiro atoms. The number of sulfone groups is 1. The van der Waals surface area contributed by atoms with E-state index in [9.17, 15) is 13.2 Å². The molecule has 0 radical (unpaired) electrons. The van der Waals surface area contributed by atoms with Crippen LogP contribution in [-0.2, 0) is 14.6 Å². The van der Waals surface area contributed by atoms with Gasteiger partial charge in [-0.25, -0.2) is 13.3 Å². The third-order valence-electron chi connectivity index (χ3n) is 5.60. The van der Waals surface area contributed by atoms with Gasteiger partial charge in [0.05, 0.1) is 23.2 Å². The smallest absolute Gasteiger partial charge is 0.283 e. The van der Waals surface area contributed by atoms with E-state index in [0.29, 0.717) is 0 Å². The molecule has 5 rings (SSSR count). The summed E-state index contributed by atoms with van der Waals surface area (Å²) in [5.41, 5.74) is 3.62. The van der Waals surface area contributed by atoms with Crippen molar-refractivity contribution in [1.82, 2.24) is 9.47 Å². The molecule has 0 aliphatic carbocycles. The van der Waals surface area contributed by atoms with Crippen LogP contribution in [0.1, 0.15) is 17.0 Å². The zero-order valence-corrected chi connectivity index (χ0v) is 19.7. The van der Waals surface area contributed by atoms with Gasteiger partial charge in [0.1, 0.15) is 5.84 Å². The minimum absolute atomic E-state index is 0.00997. The number of aryl methyl sites for hydroxylation is 1. The number of aromatic nitrogens is 1. The van der Waals surface area contributed by atoms with Crippen molar-refractivity contribution in [3.63, 3.8) is 0 Å². The first-order valence-electron chi connectivity index (χ1n) is 10.0. The minimum atomic E-state index is -3.70. The van der Waals surface area contributed by atoms with E-state index in [4.69, 9.17) is 5.41 Å². The van der Waals surface area contributed by atoms with Crippen LogP contribution in [0.15, 0.2) is 63.5 Å². The monoisotopic (exact) mass is 477 g/mol. The molecule has 2 aliphatic rings. The fourth-order valence-electron chi connectivity index (χ4n) is 4.10. The number of rotatable bonds is 2. The number of aliphatic imine (C=N–C) groups is 1. The number of nitrogens with zero attached hydrogens (tertiary/aromatic N) is 4. The molecule has 1 N–H and O–H groups in total. The molecule has 0 fully saturated rings. The lowest BCUT2D eigenvalue weighted by atomic mass is 10.1. The van der Waals surface area contributed by atoms with Crippen molar-refractivity contribution in [2.75, 3.05) is 6.26 Å². The molecule has 1 amide bonds. The van der Waals surface area contributed by atoms with Crippen molar-refractivity contribution in [1.29, 1.82) is 5.41 Å². The molecule has 166 valence electrons. The van der Waals surface area contributed by atoms with Crippen molar-refractivity contribution < 1.29 is 13.2 Å². The molecule has 3 aromatic rings. The predicted octanol–water partition coefficient (Wildman–Crippen LogP) is 3.87. The van der Waals surface area contributed by atoms with Crippen LogP contribution in [0.5, 0.6) is 0 Å². The van der Waals surface area contributed by atoms with E-state index in [-0.39, 0.29) is 21.7 Å². The average Bonchev–Trinajstić information content (AvgIpc) is 3.31. The van der Waals surface area contributed by atoms with Crippen LogP contribution < -0.4 is 0 Å². The summed E-state index contributed by atoms with van der Waals surface area (Å²) in [4.78, 5) is 17.8. The normalized spacial score (nSPS) is 17.5. The number of hydrogen-bond donors (Lipinski definition) is 1. The summed E-state index contributed by atoms with van der Waals surface area (Å²) in [6, 6.07) is 16.2. The highest BCUT2D eigenvalue weighted by molar-refractivity contribution is 8.16. The maximum Gasteiger partial charge on any atom is 0.283 e. The van der Waals surface area contributed by atoms with Crippen LogP contribution in [0.3, 0.4) is 0 Å². The Morgan fingerprint density at radius 2 is 1.82 bits per heavy atom. The molecule has 0 atom stereocenters. The topological polar surface area (TPSA) is 108 Å². The van der Waals surface area contributed by atoms with Gasteiger partial charge < -0.3 is 4.57 Å². The Balaban J connectivity index is 1.62. The van der Waals surface area contributed by atoms with Gasteiger partial charge in [-0.1, -0.05) is 36.4 Å². The molecule has 0 bridgehead atoms. The first kappa shape index (κ1) is 21.4. The van der Waals surface area contributed by atoms with Gasteiger partial charge in [-0.05, 0) is 43.0 Å². The quantitative estimate of drug-likeness (QED) is 0.445. The predicted molar refractivity (Wildman–Crippen MR) is 133 cm³/mol. The fourth-order valence-corrected chi connectivity index (χ4v) is 5.95. The third-order valence-corrected chi connectivity index (χ3v) is 7.36. The maximum atomic E-state index is 12.7. The van der Waals surface area contributed by atoms with Crippen LogP contribution in [-0.4, -0.2) is 46.2 Å². The maximum absolute atomic E-state index is 12.7. The summed E-state index contributed by atoms with van der Waals surface area (Å²) >= 11 is 0.777. The number of hydrogen-bond acceptors (Lipinski definition) is 6. The molecular formula is C23H19N5O3S2. The Labute approximate surface area is 194 Å². The Kier molecular flexibility index (Phi) is 4.87. The molecule has 3 heterocycles. The zero-order valence-electron chi connectivity index (χ0n) is 18.0. The standard InChI is InChI=1S/C23H19N5O3S2/c1-13-11-16(14(2)27(13)19-10-6-8-15-7-4-5-9-17(15)19)12-18-20(24)28-22(25-21(18)29)32-26-23(28)33(3,30)31/h4-12,24H,1-3H3/b18-12-,24-20?. The summed E-state index contributed by atoms with van der Waals surface area (Å²) < 4.78 is 30.2. The fraction of sp³-hybridized carbons (Fsp3) is 0.130. The van der Waals surface area contributed by atoms with E-state index in [2.05, 4.69) is 32.2 Å². The van der Waals surface area contributed by atoms with E-state index in [0.717, 1.165) is 56.5 Å². The second kappa shape index (κ2) is 7.53. The second-order valence-corrected chi connectivity index (χ2v) is 10.5. The molecule has 1 aromatic heterocycles. The molecular weight excluding hydrogens is 458 g/mol. The molecule has 10 heteroatoms. The number of carbonyl (C=O) groups excluding carboxylic acids is 1. The van der Waals surface area contributed by atoms with Crippen molar-refractivity contribution >= 4 is 60.7 Å². The van der Waals surface area contributed by atoms with Crippen molar-refractivity contribution in [2.24, 2.45) is 9.39 Å². The van der Waals surface area contributed by atoms with Crippen LogP contribution in [0, 0.1) is 19.3 Å². The van der Waals surface area contributed by atoms with Crippen molar-refractivity contribution in [3.05, 3.63) is 71.1 Å². The van der Waals surface area contributed by atoms with Crippen LogP contribution in [0.4, 0.5) is 0 Å². The van der Waals surface area contributed by atoms with Crippen LogP contribution in [0.25, 0.3) is 22.5 Å². The average molecular weight is 478 g/mol. The summed E-state index contributed by atoms with van der Waals surface area (Å²) in [6.45, 7) is 3.93. The first-order valence-corrected chi connectivity index (χ1v) is 12.7. The number of amidine groups is 3. The lowest BCUT2D eigenvalue weighted by Crippen LogP contribution is -2.45. The summed E-state index contributed by atoms with van der Waals surface area (Å²) in [5.74, 6) is -0.854. The number of nitrogens with one attached hydrogen (secondary N) is 1. The van der Waals surface area contributed by atoms with Gasteiger partial charge in [-0.15, -0.1) is 0 Å². The highest BCUT2D eigenvalue weighted by Gasteiger charge is 2.41. The Morgan fingerprint density at radius 1 is 1.09 bits per heavy atom. The van der Waals surface area contributed by atoms with Gasteiger partial charge in [0, 0.05) is 23.0 Å². The van der Waals surface area contributed by atoms with E-state index in [1.807, 2.05) is 44.2 Å². The molecule has 0 saturated carbocycles. The number of benzene rings is 2. The molecule has 0 saturated heterocycles. The van der Waals surface area contributed by atoms with Gasteiger partial charge in [0.25, 0.3) is 5.91 Å². The molecule has 8 nitrogen and oxygen atoms in total. The lowest BCUT2D eigenvalue weighted by Gasteiger charge is -2.23. The highest BCUT2D eigenvalue weighted by Crippen LogP contribution is 2.32. The SMILES string of the molecule is Cc1cc(/C=C2/C(=N)N3C(=NC2=O)SN=C3S(C)(=O)=O)c(C)n1-c1cccc2ccccc12. The Hall–Kier alpha value is -3.50. The third kappa shape index (κ3) is 3.42. The molecule has 0 unspecified atom stereocenters. The van der Waals surface area contributed by atoms with Crippen molar-refractivity contribution in [3.8, 4) is 5.69 Å². The van der Waals surface area contributed by atoms with Gasteiger partial charge >= 0.3 is 0 Å². The zero-order chi connectivity index (χ0) is 23.5. The van der Waals surface area contributed by atoms with Crippen LogP contribution >= 0.6 is 11.9 Å². The molecule has 2 aromatic carbocycles. The number of amides is 1. The van der Waals surface area contributed by atoms with Gasteiger partial charge in [0.15, 0.2) is 0 Å². The second-order valence-electron chi connectivity index (χ2n) is 7.84. The first-order chi connectivity index (χ1) is 15.7. The summed E-state index contributed by atoms with van der Waals surface area (Å²) in [5, 5.41) is 10.5. The van der Waals surface area contributed by atoms with E-state index in [1.165, 1.54) is 0 Å². The van der Waals surface area contributed by atoms with Crippen LogP contribution in [0.2, 0.25) is 0 Å². The van der Waals surface area contributed by atoms with E-state index in [1.54, 1.807) is 6.08 Å². The van der Waals surface area contributed by atoms with Gasteiger partial charge in [-0.3, -0.25) is 10.2 Å². The van der Waals surface area contributed by atoms with Crippen molar-refractivity contribution in [2.45, 2.75) is 13.8 Å². The van der Waals surface area contributed by atoms with E-state index < -0.39 is 15.7 Å². The number of fused-ring (bicyclic) bond motifs is 2. The lowest BCUT2D eigenvalue weighted by molar-refractivity contribution is -0.114. The Morgan fingerprint density at radius 3 is 2.58 bits per heavy atom. The molecule has 2 aliphatic heterocycles. The van der Waals surface area contributed by atoms with Gasteiger partial charge in [0.2, 0.25) is 20.2 Å². The Bertz CT molecular complexity index is 1570. The van der Waals surface area contributed by atoms with E-state index >= 15 is 0 Å². The summed E-state index contributed by atoms with van der Waals surface area (Å²) in [6.07, 6.45) is 2.61. The highest BCUT2D eigenvalue weighted by atomic mass is 32.2. The number of carbonyl (C=O) groups is 1. The largest absolute Gasteiger partial charge is 0.317 e. The van der Waals surface area contributed by atoms with Gasteiger partial charge in [-0.2, -0.15) is 9.39 Å². The minimum Gasteiger partial charge on any atom is -0.317 e. The summed E-state index contributed by atoms with van der Waals surface area (Å²) in [7, 11) is -3.70.